The van der Waals surface area contributed by atoms with Crippen LogP contribution in [0.2, 0.25) is 0 Å². The Bertz CT molecular complexity index is 1060. The minimum absolute atomic E-state index is 0.183. The van der Waals surface area contributed by atoms with E-state index in [0.717, 1.165) is 53.3 Å². The molecule has 1 atom stereocenters. The Morgan fingerprint density at radius 1 is 1.24 bits per heavy atom. The van der Waals surface area contributed by atoms with Crippen molar-refractivity contribution >= 4 is 32.9 Å². The van der Waals surface area contributed by atoms with Gasteiger partial charge in [0, 0.05) is 35.1 Å². The Labute approximate surface area is 179 Å². The fourth-order valence-corrected chi connectivity index (χ4v) is 6.85. The molecule has 5 rings (SSSR count). The fourth-order valence-electron chi connectivity index (χ4n) is 4.87. The van der Waals surface area contributed by atoms with E-state index in [1.807, 2.05) is 11.5 Å². The Kier molecular flexibility index (Phi) is 5.54. The molecule has 1 unspecified atom stereocenters. The minimum atomic E-state index is 0.183. The van der Waals surface area contributed by atoms with E-state index >= 15 is 0 Å². The topological polar surface area (TPSA) is 59.8 Å². The van der Waals surface area contributed by atoms with Crippen molar-refractivity contribution < 1.29 is 0 Å². The molecule has 0 amide bonds. The molecule has 0 saturated heterocycles. The molecule has 1 fully saturated rings. The maximum Gasteiger partial charge on any atom is 0.262 e. The van der Waals surface area contributed by atoms with Gasteiger partial charge in [0.05, 0.1) is 11.7 Å². The summed E-state index contributed by atoms with van der Waals surface area (Å²) in [6.07, 6.45) is 11.3. The molecule has 0 aromatic carbocycles. The van der Waals surface area contributed by atoms with Crippen LogP contribution in [-0.4, -0.2) is 20.6 Å². The lowest BCUT2D eigenvalue weighted by molar-refractivity contribution is 0.315. The molecular weight excluding hydrogens is 400 g/mol. The summed E-state index contributed by atoms with van der Waals surface area (Å²) in [6, 6.07) is 0.448. The third kappa shape index (κ3) is 4.05. The van der Waals surface area contributed by atoms with Crippen molar-refractivity contribution in [2.24, 2.45) is 5.92 Å². The van der Waals surface area contributed by atoms with Crippen LogP contribution in [0.25, 0.3) is 10.2 Å². The van der Waals surface area contributed by atoms with E-state index in [1.165, 1.54) is 42.5 Å². The zero-order chi connectivity index (χ0) is 19.8. The van der Waals surface area contributed by atoms with Crippen LogP contribution in [0.15, 0.2) is 16.5 Å². The van der Waals surface area contributed by atoms with Gasteiger partial charge in [0.1, 0.15) is 9.84 Å². The van der Waals surface area contributed by atoms with Crippen LogP contribution >= 0.6 is 22.7 Å². The van der Waals surface area contributed by atoms with Gasteiger partial charge in [0.15, 0.2) is 0 Å². The van der Waals surface area contributed by atoms with Gasteiger partial charge < -0.3 is 5.32 Å². The third-order valence-electron chi connectivity index (χ3n) is 6.42. The van der Waals surface area contributed by atoms with Gasteiger partial charge in [-0.05, 0) is 50.5 Å². The van der Waals surface area contributed by atoms with Gasteiger partial charge >= 0.3 is 0 Å². The molecule has 3 aromatic rings. The van der Waals surface area contributed by atoms with E-state index in [0.29, 0.717) is 12.0 Å². The summed E-state index contributed by atoms with van der Waals surface area (Å²) in [5.41, 5.74) is 2.55. The van der Waals surface area contributed by atoms with Crippen molar-refractivity contribution in [1.82, 2.24) is 19.9 Å². The predicted octanol–water partition coefficient (Wildman–Crippen LogP) is 4.45. The van der Waals surface area contributed by atoms with Crippen LogP contribution in [0.3, 0.4) is 0 Å². The van der Waals surface area contributed by atoms with Crippen LogP contribution in [0.5, 0.6) is 0 Å². The first-order valence-electron chi connectivity index (χ1n) is 10.8. The Hall–Kier alpha value is -1.57. The lowest BCUT2D eigenvalue weighted by Gasteiger charge is -2.23. The molecule has 5 nitrogen and oxygen atoms in total. The van der Waals surface area contributed by atoms with Crippen LogP contribution < -0.4 is 10.9 Å². The van der Waals surface area contributed by atoms with Crippen LogP contribution in [0, 0.1) is 12.8 Å². The van der Waals surface area contributed by atoms with Gasteiger partial charge in [-0.1, -0.05) is 19.3 Å². The molecule has 2 aliphatic rings. The van der Waals surface area contributed by atoms with Crippen molar-refractivity contribution in [2.75, 3.05) is 0 Å². The highest BCUT2D eigenvalue weighted by Gasteiger charge is 2.25. The lowest BCUT2D eigenvalue weighted by atomic mass is 9.89. The SMILES string of the molecule is Cc1csc(CNC2CCc3c(sc4ncn(CC5CCCCC5)c(=O)c34)C2)n1. The molecule has 1 N–H and O–H groups in total. The van der Waals surface area contributed by atoms with Gasteiger partial charge in [-0.3, -0.25) is 9.36 Å². The molecule has 2 aliphatic carbocycles. The molecule has 1 saturated carbocycles. The second-order valence-electron chi connectivity index (χ2n) is 8.59. The van der Waals surface area contributed by atoms with Crippen molar-refractivity contribution in [2.45, 2.75) is 77.4 Å². The summed E-state index contributed by atoms with van der Waals surface area (Å²) < 4.78 is 1.89. The maximum absolute atomic E-state index is 13.2. The summed E-state index contributed by atoms with van der Waals surface area (Å²) >= 11 is 3.44. The predicted molar refractivity (Wildman–Crippen MR) is 120 cm³/mol. The number of nitrogens with zero attached hydrogens (tertiary/aromatic N) is 3. The quantitative estimate of drug-likeness (QED) is 0.652. The monoisotopic (exact) mass is 428 g/mol. The highest BCUT2D eigenvalue weighted by atomic mass is 32.1. The number of rotatable bonds is 5. The van der Waals surface area contributed by atoms with E-state index in [2.05, 4.69) is 20.7 Å². The van der Waals surface area contributed by atoms with Gasteiger partial charge in [-0.2, -0.15) is 0 Å². The average Bonchev–Trinajstić information content (AvgIpc) is 3.32. The second kappa shape index (κ2) is 8.28. The number of thiazole rings is 1. The zero-order valence-electron chi connectivity index (χ0n) is 16.9. The summed E-state index contributed by atoms with van der Waals surface area (Å²) in [4.78, 5) is 24.7. The summed E-state index contributed by atoms with van der Waals surface area (Å²) in [5, 5.41) is 7.82. The molecule has 7 heteroatoms. The number of hydrogen-bond acceptors (Lipinski definition) is 6. The minimum Gasteiger partial charge on any atom is -0.307 e. The number of fused-ring (bicyclic) bond motifs is 3. The van der Waals surface area contributed by atoms with E-state index in [1.54, 1.807) is 29.0 Å². The zero-order valence-corrected chi connectivity index (χ0v) is 18.6. The molecule has 0 bridgehead atoms. The van der Waals surface area contributed by atoms with Crippen molar-refractivity contribution in [3.8, 4) is 0 Å². The first-order valence-corrected chi connectivity index (χ1v) is 12.5. The van der Waals surface area contributed by atoms with E-state index in [4.69, 9.17) is 0 Å². The standard InChI is InChI=1S/C22H28N4OS2/c1-14-12-28-19(25-14)10-23-16-7-8-17-18(9-16)29-21-20(17)22(27)26(13-24-21)11-15-5-3-2-4-6-15/h12-13,15-16,23H,2-11H2,1H3. The molecule has 3 heterocycles. The normalized spacial score (nSPS) is 20.2. The molecule has 0 spiro atoms. The highest BCUT2D eigenvalue weighted by molar-refractivity contribution is 7.18. The molecule has 0 radical (unpaired) electrons. The van der Waals surface area contributed by atoms with Crippen LogP contribution in [0.1, 0.15) is 59.7 Å². The van der Waals surface area contributed by atoms with Crippen LogP contribution in [-0.2, 0) is 25.9 Å². The number of aryl methyl sites for hydroxylation is 2. The Morgan fingerprint density at radius 2 is 2.10 bits per heavy atom. The van der Waals surface area contributed by atoms with Gasteiger partial charge in [0.2, 0.25) is 0 Å². The van der Waals surface area contributed by atoms with E-state index < -0.39 is 0 Å². The number of hydrogen-bond donors (Lipinski definition) is 1. The number of aromatic nitrogens is 3. The Morgan fingerprint density at radius 3 is 2.90 bits per heavy atom. The average molecular weight is 429 g/mol. The Balaban J connectivity index is 1.33. The largest absolute Gasteiger partial charge is 0.307 e. The van der Waals surface area contributed by atoms with Crippen molar-refractivity contribution in [1.29, 1.82) is 0 Å². The maximum atomic E-state index is 13.2. The van der Waals surface area contributed by atoms with Gasteiger partial charge in [0.25, 0.3) is 5.56 Å². The van der Waals surface area contributed by atoms with E-state index in [-0.39, 0.29) is 5.56 Å². The number of nitrogens with one attached hydrogen (secondary N) is 1. The molecular formula is C22H28N4OS2. The first-order chi connectivity index (χ1) is 14.2. The van der Waals surface area contributed by atoms with Crippen LogP contribution in [0.4, 0.5) is 0 Å². The van der Waals surface area contributed by atoms with Crippen molar-refractivity contribution in [3.63, 3.8) is 0 Å². The summed E-state index contributed by atoms with van der Waals surface area (Å²) in [7, 11) is 0. The molecule has 29 heavy (non-hydrogen) atoms. The first kappa shape index (κ1) is 19.4. The van der Waals surface area contributed by atoms with Gasteiger partial charge in [-0.25, -0.2) is 9.97 Å². The smallest absolute Gasteiger partial charge is 0.262 e. The summed E-state index contributed by atoms with van der Waals surface area (Å²) in [5.74, 6) is 0.637. The fraction of sp³-hybridized carbons (Fsp3) is 0.591. The highest BCUT2D eigenvalue weighted by Crippen LogP contribution is 2.34. The van der Waals surface area contributed by atoms with Crippen molar-refractivity contribution in [3.05, 3.63) is 43.2 Å². The third-order valence-corrected chi connectivity index (χ3v) is 8.55. The van der Waals surface area contributed by atoms with E-state index in [9.17, 15) is 4.79 Å². The summed E-state index contributed by atoms with van der Waals surface area (Å²) in [6.45, 7) is 3.71. The molecule has 3 aromatic heterocycles. The lowest BCUT2D eigenvalue weighted by Crippen LogP contribution is -2.34. The molecule has 154 valence electrons. The number of thiophene rings is 1. The van der Waals surface area contributed by atoms with Gasteiger partial charge in [-0.15, -0.1) is 22.7 Å². The second-order valence-corrected chi connectivity index (χ2v) is 10.6. The molecule has 0 aliphatic heterocycles.